The fourth-order valence-corrected chi connectivity index (χ4v) is 1.86. The van der Waals surface area contributed by atoms with Crippen LogP contribution in [0.4, 0.5) is 4.39 Å². The summed E-state index contributed by atoms with van der Waals surface area (Å²) in [7, 11) is 0. The third-order valence-electron chi connectivity index (χ3n) is 3.18. The monoisotopic (exact) mass is 297 g/mol. The number of hydrogen-bond donors (Lipinski definition) is 1. The highest BCUT2D eigenvalue weighted by atomic mass is 19.1. The van der Waals surface area contributed by atoms with Gasteiger partial charge < -0.3 is 14.8 Å². The molecule has 0 aliphatic carbocycles. The first-order valence-corrected chi connectivity index (χ1v) is 7.32. The molecule has 0 radical (unpaired) electrons. The molecule has 4 nitrogen and oxygen atoms in total. The summed E-state index contributed by atoms with van der Waals surface area (Å²) in [5.74, 6) is 0.00239. The molecule has 0 heterocycles. The van der Waals surface area contributed by atoms with Crippen molar-refractivity contribution in [3.8, 4) is 5.75 Å². The van der Waals surface area contributed by atoms with Gasteiger partial charge in [-0.3, -0.25) is 4.79 Å². The first-order chi connectivity index (χ1) is 10.0. The third kappa shape index (κ3) is 5.71. The van der Waals surface area contributed by atoms with Crippen molar-refractivity contribution in [1.29, 1.82) is 0 Å². The SMILES string of the molecule is CCCNC(C)(CCOc1ccc(F)cc1)C(=O)OCC. The van der Waals surface area contributed by atoms with Crippen LogP contribution in [0, 0.1) is 5.82 Å². The molecule has 0 saturated heterocycles. The van der Waals surface area contributed by atoms with Gasteiger partial charge in [0, 0.05) is 6.42 Å². The highest BCUT2D eigenvalue weighted by Crippen LogP contribution is 2.16. The summed E-state index contributed by atoms with van der Waals surface area (Å²) >= 11 is 0. The fraction of sp³-hybridized carbons (Fsp3) is 0.562. The molecule has 1 N–H and O–H groups in total. The van der Waals surface area contributed by atoms with E-state index in [0.29, 0.717) is 25.4 Å². The number of hydrogen-bond acceptors (Lipinski definition) is 4. The second kappa shape index (κ2) is 8.62. The predicted molar refractivity (Wildman–Crippen MR) is 79.8 cm³/mol. The van der Waals surface area contributed by atoms with Crippen molar-refractivity contribution in [2.24, 2.45) is 0 Å². The predicted octanol–water partition coefficient (Wildman–Crippen LogP) is 2.92. The smallest absolute Gasteiger partial charge is 0.326 e. The summed E-state index contributed by atoms with van der Waals surface area (Å²) in [6.07, 6.45) is 1.40. The van der Waals surface area contributed by atoms with E-state index in [-0.39, 0.29) is 11.8 Å². The molecular formula is C16H24FNO3. The van der Waals surface area contributed by atoms with Crippen LogP contribution in [-0.2, 0) is 9.53 Å². The number of ether oxygens (including phenoxy) is 2. The van der Waals surface area contributed by atoms with Gasteiger partial charge in [-0.1, -0.05) is 6.92 Å². The van der Waals surface area contributed by atoms with Crippen molar-refractivity contribution in [3.05, 3.63) is 30.1 Å². The molecule has 0 bridgehead atoms. The number of carbonyl (C=O) groups excluding carboxylic acids is 1. The lowest BCUT2D eigenvalue weighted by Crippen LogP contribution is -2.51. The molecule has 0 aliphatic heterocycles. The second-order valence-electron chi connectivity index (χ2n) is 5.03. The Morgan fingerprint density at radius 3 is 2.52 bits per heavy atom. The zero-order valence-corrected chi connectivity index (χ0v) is 12.9. The van der Waals surface area contributed by atoms with Crippen LogP contribution in [-0.4, -0.2) is 31.3 Å². The summed E-state index contributed by atoms with van der Waals surface area (Å²) in [6.45, 7) is 7.06. The highest BCUT2D eigenvalue weighted by molar-refractivity contribution is 5.80. The first kappa shape index (κ1) is 17.4. The normalized spacial score (nSPS) is 13.5. The Bertz CT molecular complexity index is 436. The summed E-state index contributed by atoms with van der Waals surface area (Å²) in [5, 5.41) is 3.21. The van der Waals surface area contributed by atoms with Gasteiger partial charge in [0.05, 0.1) is 13.2 Å². The lowest BCUT2D eigenvalue weighted by atomic mass is 9.98. The van der Waals surface area contributed by atoms with Crippen molar-refractivity contribution >= 4 is 5.97 Å². The summed E-state index contributed by atoms with van der Waals surface area (Å²) in [5.41, 5.74) is -0.772. The van der Waals surface area contributed by atoms with Gasteiger partial charge in [0.2, 0.25) is 0 Å². The van der Waals surface area contributed by atoms with Gasteiger partial charge in [0.15, 0.2) is 0 Å². The molecule has 118 valence electrons. The molecule has 0 amide bonds. The van der Waals surface area contributed by atoms with Gasteiger partial charge >= 0.3 is 5.97 Å². The van der Waals surface area contributed by atoms with Crippen LogP contribution in [0.15, 0.2) is 24.3 Å². The minimum Gasteiger partial charge on any atom is -0.494 e. The van der Waals surface area contributed by atoms with Gasteiger partial charge in [-0.2, -0.15) is 0 Å². The van der Waals surface area contributed by atoms with E-state index in [0.717, 1.165) is 13.0 Å². The maximum absolute atomic E-state index is 12.8. The lowest BCUT2D eigenvalue weighted by molar-refractivity contribution is -0.151. The molecule has 1 aromatic rings. The van der Waals surface area contributed by atoms with E-state index in [9.17, 15) is 9.18 Å². The van der Waals surface area contributed by atoms with Crippen molar-refractivity contribution in [3.63, 3.8) is 0 Å². The van der Waals surface area contributed by atoms with Crippen LogP contribution in [0.5, 0.6) is 5.75 Å². The van der Waals surface area contributed by atoms with Gasteiger partial charge in [0.1, 0.15) is 17.1 Å². The zero-order chi connectivity index (χ0) is 15.7. The molecule has 1 atom stereocenters. The zero-order valence-electron chi connectivity index (χ0n) is 12.9. The van der Waals surface area contributed by atoms with Crippen LogP contribution in [0.1, 0.15) is 33.6 Å². The van der Waals surface area contributed by atoms with Crippen molar-refractivity contribution in [2.45, 2.75) is 39.2 Å². The Morgan fingerprint density at radius 2 is 1.95 bits per heavy atom. The average molecular weight is 297 g/mol. The van der Waals surface area contributed by atoms with Crippen LogP contribution >= 0.6 is 0 Å². The molecule has 0 fully saturated rings. The Morgan fingerprint density at radius 1 is 1.29 bits per heavy atom. The number of rotatable bonds is 9. The average Bonchev–Trinajstić information content (AvgIpc) is 2.47. The summed E-state index contributed by atoms with van der Waals surface area (Å²) in [4.78, 5) is 12.1. The molecule has 21 heavy (non-hydrogen) atoms. The van der Waals surface area contributed by atoms with Crippen LogP contribution in [0.3, 0.4) is 0 Å². The molecular weight excluding hydrogens is 273 g/mol. The minimum absolute atomic E-state index is 0.277. The van der Waals surface area contributed by atoms with E-state index in [2.05, 4.69) is 5.32 Å². The Kier molecular flexibility index (Phi) is 7.15. The highest BCUT2D eigenvalue weighted by Gasteiger charge is 2.33. The standard InChI is InChI=1S/C16H24FNO3/c1-4-11-18-16(3,15(19)20-5-2)10-12-21-14-8-6-13(17)7-9-14/h6-9,18H,4-5,10-12H2,1-3H3. The summed E-state index contributed by atoms with van der Waals surface area (Å²) < 4.78 is 23.5. The van der Waals surface area contributed by atoms with Crippen molar-refractivity contribution in [1.82, 2.24) is 5.32 Å². The number of nitrogens with one attached hydrogen (secondary N) is 1. The van der Waals surface area contributed by atoms with E-state index in [1.807, 2.05) is 13.8 Å². The fourth-order valence-electron chi connectivity index (χ4n) is 1.86. The van der Waals surface area contributed by atoms with E-state index >= 15 is 0 Å². The molecule has 0 spiro atoms. The lowest BCUT2D eigenvalue weighted by Gasteiger charge is -2.28. The Labute approximate surface area is 125 Å². The van der Waals surface area contributed by atoms with Crippen molar-refractivity contribution < 1.29 is 18.7 Å². The molecule has 1 unspecified atom stereocenters. The maximum atomic E-state index is 12.8. The molecule has 0 aliphatic rings. The second-order valence-corrected chi connectivity index (χ2v) is 5.03. The third-order valence-corrected chi connectivity index (χ3v) is 3.18. The van der Waals surface area contributed by atoms with E-state index < -0.39 is 5.54 Å². The van der Waals surface area contributed by atoms with Crippen LogP contribution in [0.25, 0.3) is 0 Å². The largest absolute Gasteiger partial charge is 0.494 e. The van der Waals surface area contributed by atoms with Gasteiger partial charge in [-0.15, -0.1) is 0 Å². The maximum Gasteiger partial charge on any atom is 0.326 e. The quantitative estimate of drug-likeness (QED) is 0.712. The Balaban J connectivity index is 2.55. The molecule has 1 rings (SSSR count). The molecule has 5 heteroatoms. The van der Waals surface area contributed by atoms with Gasteiger partial charge in [-0.05, 0) is 51.1 Å². The van der Waals surface area contributed by atoms with Crippen LogP contribution in [0.2, 0.25) is 0 Å². The van der Waals surface area contributed by atoms with E-state index in [1.54, 1.807) is 19.1 Å². The summed E-state index contributed by atoms with van der Waals surface area (Å²) in [6, 6.07) is 5.82. The van der Waals surface area contributed by atoms with Gasteiger partial charge in [0.25, 0.3) is 0 Å². The minimum atomic E-state index is -0.772. The van der Waals surface area contributed by atoms with Crippen LogP contribution < -0.4 is 10.1 Å². The molecule has 0 aromatic heterocycles. The number of esters is 1. The molecule has 0 saturated carbocycles. The molecule has 1 aromatic carbocycles. The topological polar surface area (TPSA) is 47.6 Å². The number of halogens is 1. The van der Waals surface area contributed by atoms with Gasteiger partial charge in [-0.25, -0.2) is 4.39 Å². The number of benzene rings is 1. The van der Waals surface area contributed by atoms with E-state index in [1.165, 1.54) is 12.1 Å². The Hall–Kier alpha value is -1.62. The number of carbonyl (C=O) groups is 1. The first-order valence-electron chi connectivity index (χ1n) is 7.32. The van der Waals surface area contributed by atoms with Crippen molar-refractivity contribution in [2.75, 3.05) is 19.8 Å². The van der Waals surface area contributed by atoms with E-state index in [4.69, 9.17) is 9.47 Å².